The predicted molar refractivity (Wildman–Crippen MR) is 81.7 cm³/mol. The average molecular weight is 282 g/mol. The number of ketones is 1. The number of rotatable bonds is 10. The zero-order valence-electron chi connectivity index (χ0n) is 13.3. The quantitative estimate of drug-likeness (QED) is 0.440. The summed E-state index contributed by atoms with van der Waals surface area (Å²) in [6.07, 6.45) is 12.5. The number of ether oxygens (including phenoxy) is 2. The second-order valence-electron chi connectivity index (χ2n) is 6.07. The van der Waals surface area contributed by atoms with Crippen LogP contribution in [0.3, 0.4) is 0 Å². The molecule has 1 fully saturated rings. The van der Waals surface area contributed by atoms with Crippen LogP contribution >= 0.6 is 0 Å². The van der Waals surface area contributed by atoms with Gasteiger partial charge in [0.1, 0.15) is 0 Å². The molecular formula is C17H30O3. The summed E-state index contributed by atoms with van der Waals surface area (Å²) in [5, 5.41) is 0. The fraction of sp³-hybridized carbons (Fsp3) is 0.824. The standard InChI is InChI=1S/C17H30O3/c1-4-5-6-7-8-9-11-15(18)12-10-13-16-14-19-17(2,3)20-16/h10,12,16H,4-9,11,13-14H2,1-3H3/b12-10+. The fourth-order valence-electron chi connectivity index (χ4n) is 2.39. The van der Waals surface area contributed by atoms with Crippen LogP contribution in [0.4, 0.5) is 0 Å². The van der Waals surface area contributed by atoms with Crippen LogP contribution in [0, 0.1) is 0 Å². The minimum absolute atomic E-state index is 0.0862. The van der Waals surface area contributed by atoms with E-state index in [9.17, 15) is 4.79 Å². The van der Waals surface area contributed by atoms with Gasteiger partial charge >= 0.3 is 0 Å². The van der Waals surface area contributed by atoms with Gasteiger partial charge in [0, 0.05) is 6.42 Å². The van der Waals surface area contributed by atoms with Gasteiger partial charge in [0.15, 0.2) is 11.6 Å². The van der Waals surface area contributed by atoms with Gasteiger partial charge in [-0.15, -0.1) is 0 Å². The van der Waals surface area contributed by atoms with Crippen molar-refractivity contribution in [2.45, 2.75) is 84.0 Å². The van der Waals surface area contributed by atoms with Crippen molar-refractivity contribution >= 4 is 5.78 Å². The summed E-state index contributed by atoms with van der Waals surface area (Å²) in [6.45, 7) is 6.66. The molecule has 1 aliphatic rings. The molecule has 3 nitrogen and oxygen atoms in total. The van der Waals surface area contributed by atoms with Crippen molar-refractivity contribution in [3.8, 4) is 0 Å². The molecule has 0 amide bonds. The third kappa shape index (κ3) is 7.81. The van der Waals surface area contributed by atoms with Gasteiger partial charge in [-0.05, 0) is 32.8 Å². The molecule has 0 aliphatic carbocycles. The van der Waals surface area contributed by atoms with Gasteiger partial charge in [-0.3, -0.25) is 4.79 Å². The first-order valence-corrected chi connectivity index (χ1v) is 8.04. The van der Waals surface area contributed by atoms with E-state index in [1.807, 2.05) is 19.9 Å². The largest absolute Gasteiger partial charge is 0.348 e. The Morgan fingerprint density at radius 2 is 1.90 bits per heavy atom. The molecule has 1 aliphatic heterocycles. The average Bonchev–Trinajstić information content (AvgIpc) is 2.73. The molecular weight excluding hydrogens is 252 g/mol. The lowest BCUT2D eigenvalue weighted by Gasteiger charge is -2.16. The second-order valence-corrected chi connectivity index (χ2v) is 6.07. The Morgan fingerprint density at radius 1 is 1.20 bits per heavy atom. The lowest BCUT2D eigenvalue weighted by atomic mass is 10.1. The molecule has 1 rings (SSSR count). The van der Waals surface area contributed by atoms with Gasteiger partial charge in [0.2, 0.25) is 0 Å². The molecule has 0 spiro atoms. The van der Waals surface area contributed by atoms with E-state index in [1.165, 1.54) is 32.1 Å². The van der Waals surface area contributed by atoms with Crippen LogP contribution in [-0.4, -0.2) is 24.3 Å². The van der Waals surface area contributed by atoms with Crippen molar-refractivity contribution in [3.63, 3.8) is 0 Å². The zero-order chi connectivity index (χ0) is 14.8. The van der Waals surface area contributed by atoms with E-state index in [0.717, 1.165) is 12.8 Å². The molecule has 20 heavy (non-hydrogen) atoms. The molecule has 0 saturated carbocycles. The van der Waals surface area contributed by atoms with E-state index in [1.54, 1.807) is 6.08 Å². The maximum atomic E-state index is 11.7. The van der Waals surface area contributed by atoms with Crippen molar-refractivity contribution in [2.24, 2.45) is 0 Å². The van der Waals surface area contributed by atoms with Crippen LogP contribution < -0.4 is 0 Å². The Balaban J connectivity index is 2.03. The van der Waals surface area contributed by atoms with E-state index in [4.69, 9.17) is 9.47 Å². The maximum absolute atomic E-state index is 11.7. The number of allylic oxidation sites excluding steroid dienone is 1. The molecule has 1 unspecified atom stereocenters. The zero-order valence-corrected chi connectivity index (χ0v) is 13.3. The van der Waals surface area contributed by atoms with Crippen LogP contribution in [0.25, 0.3) is 0 Å². The van der Waals surface area contributed by atoms with Crippen LogP contribution in [0.2, 0.25) is 0 Å². The number of carbonyl (C=O) groups excluding carboxylic acids is 1. The number of unbranched alkanes of at least 4 members (excludes halogenated alkanes) is 5. The Bertz CT molecular complexity index is 307. The first kappa shape index (κ1) is 17.4. The van der Waals surface area contributed by atoms with E-state index < -0.39 is 5.79 Å². The summed E-state index contributed by atoms with van der Waals surface area (Å²) in [5.41, 5.74) is 0. The third-order valence-corrected chi connectivity index (χ3v) is 3.55. The topological polar surface area (TPSA) is 35.5 Å². The van der Waals surface area contributed by atoms with Crippen molar-refractivity contribution in [1.29, 1.82) is 0 Å². The summed E-state index contributed by atoms with van der Waals surface area (Å²) in [5.74, 6) is -0.236. The van der Waals surface area contributed by atoms with Crippen LogP contribution in [0.15, 0.2) is 12.2 Å². The highest BCUT2D eigenvalue weighted by Crippen LogP contribution is 2.24. The van der Waals surface area contributed by atoms with Crippen molar-refractivity contribution in [3.05, 3.63) is 12.2 Å². The number of carbonyl (C=O) groups is 1. The van der Waals surface area contributed by atoms with Gasteiger partial charge in [-0.2, -0.15) is 0 Å². The Morgan fingerprint density at radius 3 is 2.55 bits per heavy atom. The molecule has 0 aromatic rings. The lowest BCUT2D eigenvalue weighted by Crippen LogP contribution is -2.21. The molecule has 0 aromatic carbocycles. The van der Waals surface area contributed by atoms with Gasteiger partial charge in [0.25, 0.3) is 0 Å². The Labute approximate surface area is 123 Å². The van der Waals surface area contributed by atoms with Crippen molar-refractivity contribution < 1.29 is 14.3 Å². The first-order chi connectivity index (χ1) is 9.53. The SMILES string of the molecule is CCCCCCCCC(=O)/C=C/CC1COC(C)(C)O1. The van der Waals surface area contributed by atoms with E-state index in [2.05, 4.69) is 6.92 Å². The third-order valence-electron chi connectivity index (χ3n) is 3.55. The molecule has 1 saturated heterocycles. The number of hydrogen-bond donors (Lipinski definition) is 0. The molecule has 1 heterocycles. The highest BCUT2D eigenvalue weighted by atomic mass is 16.7. The van der Waals surface area contributed by atoms with Crippen molar-refractivity contribution in [2.75, 3.05) is 6.61 Å². The highest BCUT2D eigenvalue weighted by molar-refractivity contribution is 5.89. The summed E-state index contributed by atoms with van der Waals surface area (Å²) in [6, 6.07) is 0. The Hall–Kier alpha value is -0.670. The highest BCUT2D eigenvalue weighted by Gasteiger charge is 2.31. The second kappa shape index (κ2) is 9.30. The monoisotopic (exact) mass is 282 g/mol. The smallest absolute Gasteiger partial charge is 0.163 e. The predicted octanol–water partition coefficient (Wildman–Crippen LogP) is 4.40. The molecule has 116 valence electrons. The minimum atomic E-state index is -0.471. The van der Waals surface area contributed by atoms with E-state index in [-0.39, 0.29) is 11.9 Å². The molecule has 0 N–H and O–H groups in total. The Kier molecular flexibility index (Phi) is 8.08. The van der Waals surface area contributed by atoms with Gasteiger partial charge in [0.05, 0.1) is 12.7 Å². The van der Waals surface area contributed by atoms with Crippen LogP contribution in [0.1, 0.15) is 72.1 Å². The van der Waals surface area contributed by atoms with Gasteiger partial charge in [-0.1, -0.05) is 45.1 Å². The summed E-state index contributed by atoms with van der Waals surface area (Å²) in [4.78, 5) is 11.7. The van der Waals surface area contributed by atoms with E-state index in [0.29, 0.717) is 13.0 Å². The normalized spacial score (nSPS) is 21.6. The summed E-state index contributed by atoms with van der Waals surface area (Å²) >= 11 is 0. The molecule has 0 bridgehead atoms. The first-order valence-electron chi connectivity index (χ1n) is 8.04. The van der Waals surface area contributed by atoms with E-state index >= 15 is 0 Å². The lowest BCUT2D eigenvalue weighted by molar-refractivity contribution is -0.137. The molecule has 3 heteroatoms. The van der Waals surface area contributed by atoms with Crippen molar-refractivity contribution in [1.82, 2.24) is 0 Å². The summed E-state index contributed by atoms with van der Waals surface area (Å²) in [7, 11) is 0. The van der Waals surface area contributed by atoms with Crippen LogP contribution in [0.5, 0.6) is 0 Å². The summed E-state index contributed by atoms with van der Waals surface area (Å²) < 4.78 is 11.2. The fourth-order valence-corrected chi connectivity index (χ4v) is 2.39. The molecule has 0 radical (unpaired) electrons. The number of hydrogen-bond acceptors (Lipinski definition) is 3. The molecule has 1 atom stereocenters. The maximum Gasteiger partial charge on any atom is 0.163 e. The molecule has 0 aromatic heterocycles. The van der Waals surface area contributed by atoms with Gasteiger partial charge < -0.3 is 9.47 Å². The minimum Gasteiger partial charge on any atom is -0.348 e. The van der Waals surface area contributed by atoms with Crippen LogP contribution in [-0.2, 0) is 14.3 Å². The van der Waals surface area contributed by atoms with Gasteiger partial charge in [-0.25, -0.2) is 0 Å².